The summed E-state index contributed by atoms with van der Waals surface area (Å²) in [4.78, 5) is 21.1. The van der Waals surface area contributed by atoms with E-state index >= 15 is 0 Å². The standard InChI is InChI=1S/C19H25N5O4/c1-13(15-4-5-16-17(10-15)27-12-26-16)20-19(25)24-7-3-6-23(8-9-24)11-18-21-14(2)28-22-18/h4-5,10,13H,3,6-9,11-12H2,1-2H3,(H,20,25). The van der Waals surface area contributed by atoms with E-state index in [-0.39, 0.29) is 18.9 Å². The number of rotatable bonds is 4. The number of amides is 2. The SMILES string of the molecule is Cc1nc(CN2CCCN(C(=O)NC(C)c3ccc4c(c3)OCO4)CC2)no1. The smallest absolute Gasteiger partial charge is 0.317 e. The summed E-state index contributed by atoms with van der Waals surface area (Å²) in [6.45, 7) is 7.70. The Bertz CT molecular complexity index is 839. The molecule has 28 heavy (non-hydrogen) atoms. The molecule has 1 N–H and O–H groups in total. The van der Waals surface area contributed by atoms with Crippen molar-refractivity contribution in [3.05, 3.63) is 35.5 Å². The Balaban J connectivity index is 1.31. The Labute approximate surface area is 163 Å². The molecule has 150 valence electrons. The first-order chi connectivity index (χ1) is 13.6. The summed E-state index contributed by atoms with van der Waals surface area (Å²) in [5.74, 6) is 2.72. The first-order valence-corrected chi connectivity index (χ1v) is 9.55. The number of benzene rings is 1. The zero-order chi connectivity index (χ0) is 19.5. The molecule has 9 nitrogen and oxygen atoms in total. The first-order valence-electron chi connectivity index (χ1n) is 9.55. The van der Waals surface area contributed by atoms with Gasteiger partial charge in [-0.1, -0.05) is 11.2 Å². The minimum absolute atomic E-state index is 0.0533. The molecule has 0 aliphatic carbocycles. The molecule has 1 aromatic carbocycles. The van der Waals surface area contributed by atoms with Gasteiger partial charge >= 0.3 is 6.03 Å². The third kappa shape index (κ3) is 4.19. The molecular weight excluding hydrogens is 362 g/mol. The summed E-state index contributed by atoms with van der Waals surface area (Å²) in [5.41, 5.74) is 0.988. The van der Waals surface area contributed by atoms with Crippen LogP contribution in [0.5, 0.6) is 11.5 Å². The number of ether oxygens (including phenoxy) is 2. The zero-order valence-electron chi connectivity index (χ0n) is 16.2. The van der Waals surface area contributed by atoms with Gasteiger partial charge in [-0.2, -0.15) is 4.98 Å². The van der Waals surface area contributed by atoms with Crippen LogP contribution in [0.4, 0.5) is 4.79 Å². The number of aryl methyl sites for hydroxylation is 1. The summed E-state index contributed by atoms with van der Waals surface area (Å²) in [6.07, 6.45) is 0.905. The average Bonchev–Trinajstić information content (AvgIpc) is 3.24. The van der Waals surface area contributed by atoms with Crippen molar-refractivity contribution in [2.45, 2.75) is 32.9 Å². The largest absolute Gasteiger partial charge is 0.454 e. The van der Waals surface area contributed by atoms with Gasteiger partial charge in [0.15, 0.2) is 17.3 Å². The number of fused-ring (bicyclic) bond motifs is 1. The molecule has 2 amide bonds. The zero-order valence-corrected chi connectivity index (χ0v) is 16.2. The van der Waals surface area contributed by atoms with Crippen LogP contribution >= 0.6 is 0 Å². The maximum atomic E-state index is 12.7. The number of nitrogens with one attached hydrogen (secondary N) is 1. The molecule has 2 aliphatic heterocycles. The Morgan fingerprint density at radius 2 is 2.07 bits per heavy atom. The molecule has 2 aliphatic rings. The molecule has 1 atom stereocenters. The second-order valence-corrected chi connectivity index (χ2v) is 7.13. The molecule has 4 rings (SSSR count). The predicted octanol–water partition coefficient (Wildman–Crippen LogP) is 2.09. The Morgan fingerprint density at radius 3 is 2.89 bits per heavy atom. The van der Waals surface area contributed by atoms with Gasteiger partial charge in [-0.15, -0.1) is 0 Å². The fourth-order valence-electron chi connectivity index (χ4n) is 3.48. The van der Waals surface area contributed by atoms with Crippen LogP contribution < -0.4 is 14.8 Å². The van der Waals surface area contributed by atoms with Crippen LogP contribution in [0.2, 0.25) is 0 Å². The van der Waals surface area contributed by atoms with Crippen molar-refractivity contribution < 1.29 is 18.8 Å². The highest BCUT2D eigenvalue weighted by Crippen LogP contribution is 2.34. The summed E-state index contributed by atoms with van der Waals surface area (Å²) >= 11 is 0. The van der Waals surface area contributed by atoms with E-state index in [1.54, 1.807) is 6.92 Å². The molecule has 1 fully saturated rings. The minimum Gasteiger partial charge on any atom is -0.454 e. The Hall–Kier alpha value is -2.81. The normalized spacial score (nSPS) is 18.0. The van der Waals surface area contributed by atoms with Gasteiger partial charge in [0.1, 0.15) is 0 Å². The van der Waals surface area contributed by atoms with Gasteiger partial charge in [-0.25, -0.2) is 4.79 Å². The summed E-state index contributed by atoms with van der Waals surface area (Å²) < 4.78 is 15.8. The third-order valence-corrected chi connectivity index (χ3v) is 5.05. The summed E-state index contributed by atoms with van der Waals surface area (Å²) in [6, 6.07) is 5.58. The van der Waals surface area contributed by atoms with E-state index in [9.17, 15) is 4.79 Å². The number of hydrogen-bond acceptors (Lipinski definition) is 7. The van der Waals surface area contributed by atoms with E-state index in [0.29, 0.717) is 24.8 Å². The lowest BCUT2D eigenvalue weighted by atomic mass is 10.1. The summed E-state index contributed by atoms with van der Waals surface area (Å²) in [5, 5.41) is 7.04. The Kier molecular flexibility index (Phi) is 5.34. The van der Waals surface area contributed by atoms with E-state index in [1.165, 1.54) is 0 Å². The molecule has 9 heteroatoms. The lowest BCUT2D eigenvalue weighted by Crippen LogP contribution is -2.42. The van der Waals surface area contributed by atoms with Crippen molar-refractivity contribution in [3.8, 4) is 11.5 Å². The van der Waals surface area contributed by atoms with Gasteiger partial charge in [0, 0.05) is 33.1 Å². The van der Waals surface area contributed by atoms with E-state index < -0.39 is 0 Å². The number of carbonyl (C=O) groups excluding carboxylic acids is 1. The molecule has 3 heterocycles. The number of hydrogen-bond donors (Lipinski definition) is 1. The number of carbonyl (C=O) groups is 1. The third-order valence-electron chi connectivity index (χ3n) is 5.05. The number of urea groups is 1. The highest BCUT2D eigenvalue weighted by atomic mass is 16.7. The van der Waals surface area contributed by atoms with Gasteiger partial charge in [-0.05, 0) is 31.0 Å². The van der Waals surface area contributed by atoms with E-state index in [0.717, 1.165) is 43.1 Å². The number of aromatic nitrogens is 2. The number of nitrogens with zero attached hydrogens (tertiary/aromatic N) is 4. The van der Waals surface area contributed by atoms with Crippen LogP contribution in [-0.4, -0.2) is 58.9 Å². The van der Waals surface area contributed by atoms with Gasteiger partial charge in [0.2, 0.25) is 12.7 Å². The van der Waals surface area contributed by atoms with Crippen molar-refractivity contribution >= 4 is 6.03 Å². The van der Waals surface area contributed by atoms with Gasteiger partial charge in [0.05, 0.1) is 12.6 Å². The van der Waals surface area contributed by atoms with Crippen LogP contribution in [0.3, 0.4) is 0 Å². The van der Waals surface area contributed by atoms with Crippen molar-refractivity contribution in [1.82, 2.24) is 25.3 Å². The molecule has 0 bridgehead atoms. The van der Waals surface area contributed by atoms with Crippen LogP contribution in [0.15, 0.2) is 22.7 Å². The van der Waals surface area contributed by atoms with Crippen molar-refractivity contribution in [2.24, 2.45) is 0 Å². The second-order valence-electron chi connectivity index (χ2n) is 7.13. The van der Waals surface area contributed by atoms with Crippen molar-refractivity contribution in [1.29, 1.82) is 0 Å². The highest BCUT2D eigenvalue weighted by Gasteiger charge is 2.22. The average molecular weight is 387 g/mol. The molecule has 0 saturated carbocycles. The predicted molar refractivity (Wildman–Crippen MR) is 100 cm³/mol. The van der Waals surface area contributed by atoms with E-state index in [1.807, 2.05) is 30.0 Å². The lowest BCUT2D eigenvalue weighted by molar-refractivity contribution is 0.174. The lowest BCUT2D eigenvalue weighted by Gasteiger charge is -2.24. The maximum Gasteiger partial charge on any atom is 0.317 e. The maximum absolute atomic E-state index is 12.7. The molecule has 0 spiro atoms. The highest BCUT2D eigenvalue weighted by molar-refractivity contribution is 5.74. The van der Waals surface area contributed by atoms with E-state index in [2.05, 4.69) is 20.4 Å². The van der Waals surface area contributed by atoms with Crippen molar-refractivity contribution in [2.75, 3.05) is 33.0 Å². The second kappa shape index (κ2) is 8.05. The minimum atomic E-state index is -0.122. The van der Waals surface area contributed by atoms with Gasteiger partial charge < -0.3 is 24.2 Å². The summed E-state index contributed by atoms with van der Waals surface area (Å²) in [7, 11) is 0. The van der Waals surface area contributed by atoms with Crippen molar-refractivity contribution in [3.63, 3.8) is 0 Å². The molecular formula is C19H25N5O4. The van der Waals surface area contributed by atoms with Crippen LogP contribution in [0.25, 0.3) is 0 Å². The fourth-order valence-corrected chi connectivity index (χ4v) is 3.48. The molecule has 2 aromatic rings. The van der Waals surface area contributed by atoms with Gasteiger partial charge in [-0.3, -0.25) is 4.90 Å². The molecule has 0 radical (unpaired) electrons. The van der Waals surface area contributed by atoms with Gasteiger partial charge in [0.25, 0.3) is 0 Å². The Morgan fingerprint density at radius 1 is 1.21 bits per heavy atom. The monoisotopic (exact) mass is 387 g/mol. The van der Waals surface area contributed by atoms with Crippen LogP contribution in [0, 0.1) is 6.92 Å². The molecule has 1 unspecified atom stereocenters. The molecule has 1 saturated heterocycles. The molecule has 1 aromatic heterocycles. The van der Waals surface area contributed by atoms with Crippen LogP contribution in [0.1, 0.15) is 36.7 Å². The van der Waals surface area contributed by atoms with E-state index in [4.69, 9.17) is 14.0 Å². The topological polar surface area (TPSA) is 93.0 Å². The first kappa shape index (κ1) is 18.5. The van der Waals surface area contributed by atoms with Crippen LogP contribution in [-0.2, 0) is 6.54 Å². The fraction of sp³-hybridized carbons (Fsp3) is 0.526. The quantitative estimate of drug-likeness (QED) is 0.858.